The molecule has 0 bridgehead atoms. The van der Waals surface area contributed by atoms with E-state index in [0.717, 1.165) is 29.6 Å². The highest BCUT2D eigenvalue weighted by Gasteiger charge is 2.15. The van der Waals surface area contributed by atoms with Crippen LogP contribution in [0.5, 0.6) is 0 Å². The summed E-state index contributed by atoms with van der Waals surface area (Å²) in [5.41, 5.74) is 0.527. The van der Waals surface area contributed by atoms with Gasteiger partial charge in [-0.1, -0.05) is 31.2 Å². The molecular weight excluding hydrogens is 262 g/mol. The Kier molecular flexibility index (Phi) is 3.77. The minimum Gasteiger partial charge on any atom is -0.335 e. The highest BCUT2D eigenvalue weighted by atomic mass is 16.1. The SMILES string of the molecule is CCCn1ccnc1CC(=O)c1nccc2ccccc12. The Hall–Kier alpha value is -2.49. The fourth-order valence-electron chi connectivity index (χ4n) is 2.52. The van der Waals surface area contributed by atoms with Crippen LogP contribution in [0.2, 0.25) is 0 Å². The van der Waals surface area contributed by atoms with Crippen LogP contribution in [0.25, 0.3) is 10.8 Å². The van der Waals surface area contributed by atoms with E-state index in [1.54, 1.807) is 12.4 Å². The first-order valence-corrected chi connectivity index (χ1v) is 7.16. The number of fused-ring (bicyclic) bond motifs is 1. The number of imidazole rings is 1. The highest BCUT2D eigenvalue weighted by Crippen LogP contribution is 2.18. The number of Topliss-reactive ketones (excluding diaryl/α,β-unsaturated/α-hetero) is 1. The molecule has 0 saturated heterocycles. The number of ketones is 1. The van der Waals surface area contributed by atoms with Gasteiger partial charge in [0.25, 0.3) is 0 Å². The standard InChI is InChI=1S/C17H17N3O/c1-2-10-20-11-9-18-16(20)12-15(21)17-14-6-4-3-5-13(14)7-8-19-17/h3-9,11H,2,10,12H2,1H3. The molecule has 0 aliphatic carbocycles. The average Bonchev–Trinajstić information content (AvgIpc) is 2.94. The third-order valence-electron chi connectivity index (χ3n) is 3.52. The third-order valence-corrected chi connectivity index (χ3v) is 3.52. The number of pyridine rings is 1. The lowest BCUT2D eigenvalue weighted by molar-refractivity contribution is 0.0986. The van der Waals surface area contributed by atoms with Crippen LogP contribution in [0.3, 0.4) is 0 Å². The Morgan fingerprint density at radius 1 is 1.14 bits per heavy atom. The number of hydrogen-bond donors (Lipinski definition) is 0. The maximum Gasteiger partial charge on any atom is 0.189 e. The lowest BCUT2D eigenvalue weighted by Gasteiger charge is -2.07. The Bertz CT molecular complexity index is 771. The number of nitrogens with zero attached hydrogens (tertiary/aromatic N) is 3. The van der Waals surface area contributed by atoms with Gasteiger partial charge in [0.15, 0.2) is 5.78 Å². The van der Waals surface area contributed by atoms with Crippen LogP contribution in [-0.4, -0.2) is 20.3 Å². The van der Waals surface area contributed by atoms with E-state index in [4.69, 9.17) is 0 Å². The van der Waals surface area contributed by atoms with E-state index >= 15 is 0 Å². The van der Waals surface area contributed by atoms with E-state index in [-0.39, 0.29) is 12.2 Å². The largest absolute Gasteiger partial charge is 0.335 e. The van der Waals surface area contributed by atoms with Gasteiger partial charge in [-0.2, -0.15) is 0 Å². The molecule has 0 saturated carbocycles. The normalized spacial score (nSPS) is 10.9. The summed E-state index contributed by atoms with van der Waals surface area (Å²) in [7, 11) is 0. The van der Waals surface area contributed by atoms with Gasteiger partial charge in [-0.25, -0.2) is 4.98 Å². The Morgan fingerprint density at radius 3 is 2.86 bits per heavy atom. The fraction of sp³-hybridized carbons (Fsp3) is 0.235. The first-order chi connectivity index (χ1) is 10.3. The molecule has 21 heavy (non-hydrogen) atoms. The Balaban J connectivity index is 1.92. The number of rotatable bonds is 5. The molecule has 4 heteroatoms. The number of benzene rings is 1. The van der Waals surface area contributed by atoms with Crippen molar-refractivity contribution in [2.24, 2.45) is 0 Å². The smallest absolute Gasteiger partial charge is 0.189 e. The Labute approximate surface area is 123 Å². The van der Waals surface area contributed by atoms with Crippen LogP contribution >= 0.6 is 0 Å². The number of hydrogen-bond acceptors (Lipinski definition) is 3. The van der Waals surface area contributed by atoms with Crippen molar-refractivity contribution >= 4 is 16.6 Å². The van der Waals surface area contributed by atoms with Crippen LogP contribution in [0.15, 0.2) is 48.9 Å². The summed E-state index contributed by atoms with van der Waals surface area (Å²) in [6.07, 6.45) is 6.66. The topological polar surface area (TPSA) is 47.8 Å². The zero-order valence-corrected chi connectivity index (χ0v) is 12.0. The van der Waals surface area contributed by atoms with Gasteiger partial charge in [0.1, 0.15) is 11.5 Å². The highest BCUT2D eigenvalue weighted by molar-refractivity contribution is 6.06. The molecule has 0 N–H and O–H groups in total. The molecule has 4 nitrogen and oxygen atoms in total. The first kappa shape index (κ1) is 13.5. The van der Waals surface area contributed by atoms with Crippen molar-refractivity contribution in [2.45, 2.75) is 26.3 Å². The maximum atomic E-state index is 12.6. The quantitative estimate of drug-likeness (QED) is 0.673. The number of carbonyl (C=O) groups excluding carboxylic acids is 1. The molecule has 0 aliphatic rings. The zero-order valence-electron chi connectivity index (χ0n) is 12.0. The van der Waals surface area contributed by atoms with Crippen LogP contribution in [0.1, 0.15) is 29.7 Å². The molecule has 0 spiro atoms. The molecule has 0 radical (unpaired) electrons. The molecule has 0 amide bonds. The molecule has 3 aromatic rings. The van der Waals surface area contributed by atoms with Crippen molar-refractivity contribution < 1.29 is 4.79 Å². The average molecular weight is 279 g/mol. The van der Waals surface area contributed by atoms with E-state index in [2.05, 4.69) is 16.9 Å². The molecule has 2 aromatic heterocycles. The second-order valence-corrected chi connectivity index (χ2v) is 5.02. The minimum absolute atomic E-state index is 0.00959. The molecule has 1 aromatic carbocycles. The van der Waals surface area contributed by atoms with Crippen LogP contribution in [-0.2, 0) is 13.0 Å². The van der Waals surface area contributed by atoms with Crippen LogP contribution in [0, 0.1) is 0 Å². The third kappa shape index (κ3) is 2.70. The lowest BCUT2D eigenvalue weighted by Crippen LogP contribution is -2.12. The van der Waals surface area contributed by atoms with Crippen molar-refractivity contribution in [2.75, 3.05) is 0 Å². The zero-order chi connectivity index (χ0) is 14.7. The van der Waals surface area contributed by atoms with Gasteiger partial charge < -0.3 is 4.57 Å². The molecule has 0 aliphatic heterocycles. The van der Waals surface area contributed by atoms with Crippen molar-refractivity contribution in [3.05, 3.63) is 60.4 Å². The summed E-state index contributed by atoms with van der Waals surface area (Å²) in [5, 5.41) is 1.94. The summed E-state index contributed by atoms with van der Waals surface area (Å²) in [6.45, 7) is 2.99. The molecular formula is C17H17N3O. The maximum absolute atomic E-state index is 12.6. The first-order valence-electron chi connectivity index (χ1n) is 7.16. The molecule has 2 heterocycles. The van der Waals surface area contributed by atoms with E-state index in [0.29, 0.717) is 5.69 Å². The van der Waals surface area contributed by atoms with Crippen molar-refractivity contribution in [1.82, 2.24) is 14.5 Å². The monoisotopic (exact) mass is 279 g/mol. The summed E-state index contributed by atoms with van der Waals surface area (Å²) >= 11 is 0. The van der Waals surface area contributed by atoms with Gasteiger partial charge in [-0.3, -0.25) is 9.78 Å². The van der Waals surface area contributed by atoms with E-state index in [1.165, 1.54) is 0 Å². The molecule has 106 valence electrons. The summed E-state index contributed by atoms with van der Waals surface area (Å²) in [4.78, 5) is 21.1. The molecule has 0 unspecified atom stereocenters. The Morgan fingerprint density at radius 2 is 2.00 bits per heavy atom. The second kappa shape index (κ2) is 5.87. The second-order valence-electron chi connectivity index (χ2n) is 5.02. The predicted octanol–water partition coefficient (Wildman–Crippen LogP) is 3.27. The number of aromatic nitrogens is 3. The lowest BCUT2D eigenvalue weighted by atomic mass is 10.1. The van der Waals surface area contributed by atoms with Gasteiger partial charge in [0.05, 0.1) is 6.42 Å². The van der Waals surface area contributed by atoms with Gasteiger partial charge in [0.2, 0.25) is 0 Å². The van der Waals surface area contributed by atoms with Gasteiger partial charge >= 0.3 is 0 Å². The van der Waals surface area contributed by atoms with Gasteiger partial charge in [-0.15, -0.1) is 0 Å². The summed E-state index contributed by atoms with van der Waals surface area (Å²) in [5.74, 6) is 0.812. The fourth-order valence-corrected chi connectivity index (χ4v) is 2.52. The molecule has 3 rings (SSSR count). The van der Waals surface area contributed by atoms with Crippen molar-refractivity contribution in [1.29, 1.82) is 0 Å². The van der Waals surface area contributed by atoms with E-state index < -0.39 is 0 Å². The van der Waals surface area contributed by atoms with Crippen molar-refractivity contribution in [3.8, 4) is 0 Å². The van der Waals surface area contributed by atoms with Gasteiger partial charge in [0, 0.05) is 30.5 Å². The summed E-state index contributed by atoms with van der Waals surface area (Å²) < 4.78 is 2.03. The predicted molar refractivity (Wildman–Crippen MR) is 82.3 cm³/mol. The van der Waals surface area contributed by atoms with Gasteiger partial charge in [-0.05, 0) is 17.9 Å². The minimum atomic E-state index is 0.00959. The number of carbonyl (C=O) groups is 1. The van der Waals surface area contributed by atoms with Crippen LogP contribution < -0.4 is 0 Å². The summed E-state index contributed by atoms with van der Waals surface area (Å²) in [6, 6.07) is 9.74. The number of aryl methyl sites for hydroxylation is 1. The molecule has 0 atom stereocenters. The van der Waals surface area contributed by atoms with Crippen LogP contribution in [0.4, 0.5) is 0 Å². The van der Waals surface area contributed by atoms with E-state index in [1.807, 2.05) is 41.1 Å². The van der Waals surface area contributed by atoms with Crippen molar-refractivity contribution in [3.63, 3.8) is 0 Å². The molecule has 0 fully saturated rings. The van der Waals surface area contributed by atoms with E-state index in [9.17, 15) is 4.79 Å².